The second-order valence-corrected chi connectivity index (χ2v) is 5.38. The van der Waals surface area contributed by atoms with Gasteiger partial charge in [0.1, 0.15) is 37.6 Å². The number of aliphatic hydroxyl groups excluding tert-OH is 2. The van der Waals surface area contributed by atoms with Crippen LogP contribution in [-0.4, -0.2) is 65.5 Å². The Labute approximate surface area is 124 Å². The van der Waals surface area contributed by atoms with Crippen molar-refractivity contribution in [1.29, 1.82) is 0 Å². The Kier molecular flexibility index (Phi) is 8.33. The van der Waals surface area contributed by atoms with Crippen LogP contribution < -0.4 is 17.9 Å². The maximum atomic E-state index is 11.3. The first-order chi connectivity index (χ1) is 8.78. The third-order valence-corrected chi connectivity index (χ3v) is 2.17. The number of hydrogen-bond acceptors (Lipinski definition) is 6. The summed E-state index contributed by atoms with van der Waals surface area (Å²) in [6, 6.07) is 0. The van der Waals surface area contributed by atoms with Gasteiger partial charge in [0.05, 0.1) is 6.54 Å². The van der Waals surface area contributed by atoms with E-state index in [0.717, 1.165) is 5.06 Å². The lowest BCUT2D eigenvalue weighted by molar-refractivity contribution is -0.874. The molecule has 4 N–H and O–H groups in total. The molecule has 20 heavy (non-hydrogen) atoms. The van der Waals surface area contributed by atoms with Gasteiger partial charge in [-0.15, -0.1) is 0 Å². The zero-order valence-electron chi connectivity index (χ0n) is 11.9. The standard InChI is InChI=1S/C8H15NO4.C3H7NO2.ClH/c1-8(2,3)13-7(11)9-4-6(10)5-12-9;5-3-1-4-6-2-3;/h6,10H,4-5H2,1-3H3;3-5H,1-2H2;1H/t6-;3-;/m00./s1. The Morgan fingerprint density at radius 1 is 1.30 bits per heavy atom. The maximum absolute atomic E-state index is 11.3. The van der Waals surface area contributed by atoms with Gasteiger partial charge in [0.25, 0.3) is 0 Å². The molecule has 2 rings (SSSR count). The van der Waals surface area contributed by atoms with Crippen LogP contribution in [-0.2, 0) is 14.4 Å². The topological polar surface area (TPSA) is 105 Å². The van der Waals surface area contributed by atoms with Crippen molar-refractivity contribution in [2.75, 3.05) is 26.3 Å². The zero-order valence-corrected chi connectivity index (χ0v) is 12.7. The van der Waals surface area contributed by atoms with Gasteiger partial charge in [-0.1, -0.05) is 0 Å². The van der Waals surface area contributed by atoms with Crippen LogP contribution in [0.15, 0.2) is 0 Å². The minimum Gasteiger partial charge on any atom is -1.00 e. The molecule has 0 spiro atoms. The summed E-state index contributed by atoms with van der Waals surface area (Å²) in [4.78, 5) is 20.8. The number of hydroxylamine groups is 3. The number of carbonyl (C=O) groups is 1. The normalized spacial score (nSPS) is 25.6. The summed E-state index contributed by atoms with van der Waals surface area (Å²) in [6.45, 7) is 6.83. The van der Waals surface area contributed by atoms with Gasteiger partial charge in [0, 0.05) is 0 Å². The van der Waals surface area contributed by atoms with E-state index < -0.39 is 17.8 Å². The molecular weight excluding hydrogens is 292 g/mol. The highest BCUT2D eigenvalue weighted by Crippen LogP contribution is 2.13. The summed E-state index contributed by atoms with van der Waals surface area (Å²) in [5.41, 5.74) is 1.10. The largest absolute Gasteiger partial charge is 1.00 e. The average Bonchev–Trinajstić information content (AvgIpc) is 2.88. The maximum Gasteiger partial charge on any atom is 0.434 e. The summed E-state index contributed by atoms with van der Waals surface area (Å²) in [6.07, 6.45) is -1.39. The monoisotopic (exact) mass is 314 g/mol. The van der Waals surface area contributed by atoms with Gasteiger partial charge in [0.2, 0.25) is 0 Å². The average molecular weight is 315 g/mol. The summed E-state index contributed by atoms with van der Waals surface area (Å²) < 4.78 is 5.02. The van der Waals surface area contributed by atoms with E-state index in [9.17, 15) is 4.79 Å². The number of halogens is 1. The van der Waals surface area contributed by atoms with Crippen LogP contribution in [0.25, 0.3) is 0 Å². The first-order valence-electron chi connectivity index (χ1n) is 6.21. The molecule has 2 heterocycles. The van der Waals surface area contributed by atoms with Crippen molar-refractivity contribution < 1.29 is 47.3 Å². The Morgan fingerprint density at radius 2 is 1.95 bits per heavy atom. The van der Waals surface area contributed by atoms with Crippen molar-refractivity contribution in [3.05, 3.63) is 0 Å². The molecule has 8 nitrogen and oxygen atoms in total. The molecule has 2 fully saturated rings. The van der Waals surface area contributed by atoms with E-state index >= 15 is 0 Å². The second kappa shape index (κ2) is 8.60. The second-order valence-electron chi connectivity index (χ2n) is 5.38. The van der Waals surface area contributed by atoms with Crippen molar-refractivity contribution in [2.24, 2.45) is 0 Å². The molecular formula is C11H23ClN2O6. The minimum absolute atomic E-state index is 0. The quantitative estimate of drug-likeness (QED) is 0.415. The first-order valence-corrected chi connectivity index (χ1v) is 6.21. The zero-order chi connectivity index (χ0) is 14.5. The van der Waals surface area contributed by atoms with Gasteiger partial charge in [-0.2, -0.15) is 10.5 Å². The summed E-state index contributed by atoms with van der Waals surface area (Å²) >= 11 is 0. The van der Waals surface area contributed by atoms with E-state index in [0.29, 0.717) is 13.2 Å². The molecule has 0 bridgehead atoms. The number of carbonyl (C=O) groups excluding carboxylic acids is 1. The lowest BCUT2D eigenvalue weighted by Crippen LogP contribution is -3.00. The van der Waals surface area contributed by atoms with Crippen molar-refractivity contribution in [2.45, 2.75) is 38.6 Å². The molecule has 2 aliphatic heterocycles. The molecule has 2 aliphatic rings. The van der Waals surface area contributed by atoms with Gasteiger partial charge in [-0.3, -0.25) is 4.84 Å². The number of quaternary nitrogens is 1. The lowest BCUT2D eigenvalue weighted by atomic mass is 10.2. The fourth-order valence-corrected chi connectivity index (χ4v) is 1.34. The minimum atomic E-state index is -0.604. The van der Waals surface area contributed by atoms with Crippen molar-refractivity contribution in [1.82, 2.24) is 5.06 Å². The van der Waals surface area contributed by atoms with Crippen molar-refractivity contribution >= 4 is 6.09 Å². The molecule has 1 amide bonds. The molecule has 2 atom stereocenters. The summed E-state index contributed by atoms with van der Waals surface area (Å²) in [5, 5.41) is 18.7. The van der Waals surface area contributed by atoms with Crippen LogP contribution in [0.1, 0.15) is 20.8 Å². The number of nitrogens with two attached hydrogens (primary N) is 1. The van der Waals surface area contributed by atoms with Crippen molar-refractivity contribution in [3.8, 4) is 0 Å². The molecule has 120 valence electrons. The number of β-amino-alcohol motifs (C(OH)–C–C–N with tert-alkyl or cyclic N) is 1. The number of ether oxygens (including phenoxy) is 1. The van der Waals surface area contributed by atoms with Crippen LogP contribution in [0.2, 0.25) is 0 Å². The predicted octanol–water partition coefficient (Wildman–Crippen LogP) is -4.61. The molecule has 0 unspecified atom stereocenters. The van der Waals surface area contributed by atoms with E-state index in [4.69, 9.17) is 19.8 Å². The number of nitrogens with zero attached hydrogens (tertiary/aromatic N) is 1. The smallest absolute Gasteiger partial charge is 0.434 e. The Hall–Kier alpha value is -0.640. The van der Waals surface area contributed by atoms with E-state index in [1.165, 1.54) is 0 Å². The molecule has 2 saturated heterocycles. The Bertz CT molecular complexity index is 293. The highest BCUT2D eigenvalue weighted by atomic mass is 35.5. The molecule has 0 aliphatic carbocycles. The van der Waals surface area contributed by atoms with Crippen LogP contribution in [0.5, 0.6) is 0 Å². The van der Waals surface area contributed by atoms with Gasteiger partial charge < -0.3 is 27.4 Å². The van der Waals surface area contributed by atoms with Crippen LogP contribution in [0, 0.1) is 0 Å². The molecule has 0 saturated carbocycles. The fourth-order valence-electron chi connectivity index (χ4n) is 1.34. The molecule has 9 heteroatoms. The fraction of sp³-hybridized carbons (Fsp3) is 0.909. The van der Waals surface area contributed by atoms with E-state index in [1.54, 1.807) is 26.3 Å². The van der Waals surface area contributed by atoms with Gasteiger partial charge in [-0.05, 0) is 20.8 Å². The molecule has 0 aromatic carbocycles. The summed E-state index contributed by atoms with van der Waals surface area (Å²) in [7, 11) is 0. The summed E-state index contributed by atoms with van der Waals surface area (Å²) in [5.74, 6) is 0. The number of rotatable bonds is 0. The third kappa shape index (κ3) is 7.83. The Balaban J connectivity index is 0.000000434. The van der Waals surface area contributed by atoms with Gasteiger partial charge in [-0.25, -0.2) is 9.63 Å². The van der Waals surface area contributed by atoms with E-state index in [2.05, 4.69) is 4.84 Å². The van der Waals surface area contributed by atoms with Crippen LogP contribution >= 0.6 is 0 Å². The van der Waals surface area contributed by atoms with Crippen molar-refractivity contribution in [3.63, 3.8) is 0 Å². The van der Waals surface area contributed by atoms with Crippen LogP contribution in [0.3, 0.4) is 0 Å². The highest BCUT2D eigenvalue weighted by Gasteiger charge is 2.29. The van der Waals surface area contributed by atoms with E-state index in [1.807, 2.05) is 0 Å². The highest BCUT2D eigenvalue weighted by molar-refractivity contribution is 5.67. The van der Waals surface area contributed by atoms with Gasteiger partial charge >= 0.3 is 6.09 Å². The van der Waals surface area contributed by atoms with Gasteiger partial charge in [0.15, 0.2) is 0 Å². The lowest BCUT2D eigenvalue weighted by Gasteiger charge is -2.22. The molecule has 0 aromatic heterocycles. The predicted molar refractivity (Wildman–Crippen MR) is 63.7 cm³/mol. The SMILES string of the molecule is CC(C)(C)OC(=O)N1C[C@H](O)CO1.O[C@H]1C[NH2+]OC1.[Cl-]. The van der Waals surface area contributed by atoms with E-state index in [-0.39, 0.29) is 31.7 Å². The molecule has 0 aromatic rings. The number of amides is 1. The first kappa shape index (κ1) is 19.4. The third-order valence-electron chi connectivity index (χ3n) is 2.17. The molecule has 0 radical (unpaired) electrons. The number of hydrogen-bond donors (Lipinski definition) is 3. The number of aliphatic hydroxyl groups is 2. The Morgan fingerprint density at radius 3 is 2.25 bits per heavy atom. The van der Waals surface area contributed by atoms with Crippen LogP contribution in [0.4, 0.5) is 4.79 Å².